The second kappa shape index (κ2) is 7.35. The molecule has 1 amide bonds. The molecule has 0 atom stereocenters. The van der Waals surface area contributed by atoms with Crippen molar-refractivity contribution in [1.29, 1.82) is 0 Å². The van der Waals surface area contributed by atoms with Crippen molar-refractivity contribution in [2.24, 2.45) is 0 Å². The summed E-state index contributed by atoms with van der Waals surface area (Å²) in [7, 11) is 0.432. The first kappa shape index (κ1) is 17.4. The minimum atomic E-state index is -3.42. The van der Waals surface area contributed by atoms with E-state index in [1.165, 1.54) is 4.31 Å². The van der Waals surface area contributed by atoms with Crippen molar-refractivity contribution in [2.45, 2.75) is 26.3 Å². The summed E-state index contributed by atoms with van der Waals surface area (Å²) in [6, 6.07) is -0.125. The van der Waals surface area contributed by atoms with Crippen molar-refractivity contribution in [1.82, 2.24) is 18.8 Å². The molecule has 0 bridgehead atoms. The van der Waals surface area contributed by atoms with E-state index in [9.17, 15) is 13.2 Å². The van der Waals surface area contributed by atoms with Gasteiger partial charge in [0.1, 0.15) is 0 Å². The zero-order valence-corrected chi connectivity index (χ0v) is 13.6. The lowest BCUT2D eigenvalue weighted by Crippen LogP contribution is -2.54. The van der Waals surface area contributed by atoms with Gasteiger partial charge in [-0.2, -0.15) is 17.4 Å². The number of rotatable bonds is 6. The van der Waals surface area contributed by atoms with Crippen LogP contribution in [0.25, 0.3) is 0 Å². The average molecular weight is 306 g/mol. The first-order valence-electron chi connectivity index (χ1n) is 6.92. The molecule has 1 saturated heterocycles. The molecule has 0 saturated carbocycles. The number of nitrogens with zero attached hydrogens (tertiary/aromatic N) is 3. The normalized spacial score (nSPS) is 18.0. The Hall–Kier alpha value is -0.700. The van der Waals surface area contributed by atoms with E-state index >= 15 is 0 Å². The zero-order chi connectivity index (χ0) is 15.3. The van der Waals surface area contributed by atoms with Crippen LogP contribution in [0.5, 0.6) is 0 Å². The van der Waals surface area contributed by atoms with Gasteiger partial charge in [0.25, 0.3) is 10.2 Å². The van der Waals surface area contributed by atoms with Gasteiger partial charge in [0.2, 0.25) is 5.91 Å². The molecule has 0 aromatic rings. The number of carbonyl (C=O) groups is 1. The number of piperazine rings is 1. The van der Waals surface area contributed by atoms with E-state index in [1.807, 2.05) is 19.0 Å². The molecule has 7 nitrogen and oxygen atoms in total. The minimum Gasteiger partial charge on any atom is -0.340 e. The summed E-state index contributed by atoms with van der Waals surface area (Å²) in [5, 5.41) is 0. The summed E-state index contributed by atoms with van der Waals surface area (Å²) in [5.74, 6) is 0.0903. The summed E-state index contributed by atoms with van der Waals surface area (Å²) in [5.41, 5.74) is 0. The van der Waals surface area contributed by atoms with E-state index in [4.69, 9.17) is 0 Å². The van der Waals surface area contributed by atoms with Crippen LogP contribution in [0, 0.1) is 0 Å². The quantitative estimate of drug-likeness (QED) is 0.706. The number of amides is 1. The highest BCUT2D eigenvalue weighted by molar-refractivity contribution is 7.87. The van der Waals surface area contributed by atoms with Crippen molar-refractivity contribution < 1.29 is 13.2 Å². The standard InChI is InChI=1S/C12H26N4O3S/c1-11(2)13-20(18,19)16-9-7-15(8-10-16)12(17)5-6-14(3)4/h11,13H,5-10H2,1-4H3. The molecule has 1 rings (SSSR count). The fourth-order valence-corrected chi connectivity index (χ4v) is 3.42. The van der Waals surface area contributed by atoms with Gasteiger partial charge in [0.15, 0.2) is 0 Å². The molecule has 0 unspecified atom stereocenters. The Bertz CT molecular complexity index is 414. The van der Waals surface area contributed by atoms with Crippen molar-refractivity contribution in [3.8, 4) is 0 Å². The van der Waals surface area contributed by atoms with Crippen LogP contribution in [0.1, 0.15) is 20.3 Å². The molecule has 1 aliphatic heterocycles. The summed E-state index contributed by atoms with van der Waals surface area (Å²) in [4.78, 5) is 15.7. The third-order valence-corrected chi connectivity index (χ3v) is 4.90. The largest absolute Gasteiger partial charge is 0.340 e. The highest BCUT2D eigenvalue weighted by atomic mass is 32.2. The Balaban J connectivity index is 2.45. The fraction of sp³-hybridized carbons (Fsp3) is 0.917. The SMILES string of the molecule is CC(C)NS(=O)(=O)N1CCN(C(=O)CCN(C)C)CC1. The summed E-state index contributed by atoms with van der Waals surface area (Å²) >= 11 is 0. The Kier molecular flexibility index (Phi) is 6.38. The van der Waals surface area contributed by atoms with E-state index in [0.29, 0.717) is 39.1 Å². The predicted molar refractivity (Wildman–Crippen MR) is 78.5 cm³/mol. The molecule has 1 aliphatic rings. The van der Waals surface area contributed by atoms with Gasteiger partial charge in [-0.25, -0.2) is 0 Å². The Labute approximate surface area is 122 Å². The fourth-order valence-electron chi connectivity index (χ4n) is 2.03. The Morgan fingerprint density at radius 2 is 1.75 bits per heavy atom. The lowest BCUT2D eigenvalue weighted by molar-refractivity contribution is -0.132. The van der Waals surface area contributed by atoms with Gasteiger partial charge in [0, 0.05) is 45.2 Å². The first-order valence-corrected chi connectivity index (χ1v) is 8.36. The van der Waals surface area contributed by atoms with Crippen molar-refractivity contribution in [2.75, 3.05) is 46.8 Å². The molecule has 0 aromatic heterocycles. The third-order valence-electron chi connectivity index (χ3n) is 3.09. The monoisotopic (exact) mass is 306 g/mol. The molecule has 1 fully saturated rings. The van der Waals surface area contributed by atoms with Gasteiger partial charge in [-0.1, -0.05) is 0 Å². The molecule has 0 aliphatic carbocycles. The van der Waals surface area contributed by atoms with Crippen LogP contribution in [-0.4, -0.2) is 81.3 Å². The number of hydrogen-bond acceptors (Lipinski definition) is 4. The Morgan fingerprint density at radius 3 is 2.20 bits per heavy atom. The second-order valence-electron chi connectivity index (χ2n) is 5.61. The lowest BCUT2D eigenvalue weighted by atomic mass is 10.3. The first-order chi connectivity index (χ1) is 9.22. The molecule has 1 heterocycles. The van der Waals surface area contributed by atoms with E-state index < -0.39 is 10.2 Å². The van der Waals surface area contributed by atoms with Crippen LogP contribution < -0.4 is 4.72 Å². The summed E-state index contributed by atoms with van der Waals surface area (Å²) < 4.78 is 28.0. The maximum absolute atomic E-state index is 12.0. The Morgan fingerprint density at radius 1 is 1.20 bits per heavy atom. The molecular formula is C12H26N4O3S. The minimum absolute atomic E-state index is 0.0903. The number of nitrogens with one attached hydrogen (secondary N) is 1. The lowest BCUT2D eigenvalue weighted by Gasteiger charge is -2.34. The highest BCUT2D eigenvalue weighted by Crippen LogP contribution is 2.08. The molecule has 0 spiro atoms. The molecule has 0 radical (unpaired) electrons. The van der Waals surface area contributed by atoms with Crippen LogP contribution in [0.2, 0.25) is 0 Å². The maximum Gasteiger partial charge on any atom is 0.279 e. The molecule has 0 aromatic carbocycles. The zero-order valence-electron chi connectivity index (χ0n) is 12.8. The van der Waals surface area contributed by atoms with Gasteiger partial charge in [-0.3, -0.25) is 4.79 Å². The van der Waals surface area contributed by atoms with Gasteiger partial charge >= 0.3 is 0 Å². The smallest absolute Gasteiger partial charge is 0.279 e. The van der Waals surface area contributed by atoms with Gasteiger partial charge in [0.05, 0.1) is 0 Å². The molecular weight excluding hydrogens is 280 g/mol. The second-order valence-corrected chi connectivity index (χ2v) is 7.31. The summed E-state index contributed by atoms with van der Waals surface area (Å²) in [6.07, 6.45) is 0.476. The van der Waals surface area contributed by atoms with Crippen LogP contribution in [0.15, 0.2) is 0 Å². The summed E-state index contributed by atoms with van der Waals surface area (Å²) in [6.45, 7) is 5.94. The number of carbonyl (C=O) groups excluding carboxylic acids is 1. The van der Waals surface area contributed by atoms with E-state index in [1.54, 1.807) is 18.7 Å². The highest BCUT2D eigenvalue weighted by Gasteiger charge is 2.28. The van der Waals surface area contributed by atoms with Crippen LogP contribution >= 0.6 is 0 Å². The topological polar surface area (TPSA) is 73.0 Å². The van der Waals surface area contributed by atoms with Gasteiger partial charge in [-0.15, -0.1) is 0 Å². The molecule has 20 heavy (non-hydrogen) atoms. The molecule has 8 heteroatoms. The van der Waals surface area contributed by atoms with E-state index in [2.05, 4.69) is 4.72 Å². The molecule has 1 N–H and O–H groups in total. The maximum atomic E-state index is 12.0. The van der Waals surface area contributed by atoms with Crippen molar-refractivity contribution in [3.63, 3.8) is 0 Å². The van der Waals surface area contributed by atoms with Crippen LogP contribution in [-0.2, 0) is 15.0 Å². The van der Waals surface area contributed by atoms with Gasteiger partial charge in [-0.05, 0) is 27.9 Å². The van der Waals surface area contributed by atoms with Crippen molar-refractivity contribution >= 4 is 16.1 Å². The van der Waals surface area contributed by atoms with E-state index in [-0.39, 0.29) is 11.9 Å². The van der Waals surface area contributed by atoms with Crippen LogP contribution in [0.3, 0.4) is 0 Å². The average Bonchev–Trinajstić information content (AvgIpc) is 2.34. The predicted octanol–water partition coefficient (Wildman–Crippen LogP) is -0.675. The van der Waals surface area contributed by atoms with Crippen molar-refractivity contribution in [3.05, 3.63) is 0 Å². The third kappa shape index (κ3) is 5.35. The molecule has 118 valence electrons. The van der Waals surface area contributed by atoms with Gasteiger partial charge < -0.3 is 9.80 Å². The van der Waals surface area contributed by atoms with Crippen LogP contribution in [0.4, 0.5) is 0 Å². The van der Waals surface area contributed by atoms with E-state index in [0.717, 1.165) is 0 Å². The number of hydrogen-bond donors (Lipinski definition) is 1.